The second-order valence-electron chi connectivity index (χ2n) is 7.89. The van der Waals surface area contributed by atoms with Crippen molar-refractivity contribution in [3.05, 3.63) is 69.7 Å². The van der Waals surface area contributed by atoms with Crippen LogP contribution in [-0.4, -0.2) is 22.5 Å². The molecule has 2 aromatic carbocycles. The number of thiazole rings is 1. The van der Waals surface area contributed by atoms with Crippen molar-refractivity contribution in [2.75, 3.05) is 4.90 Å². The van der Waals surface area contributed by atoms with Crippen LogP contribution in [0.15, 0.2) is 47.8 Å². The number of carbonyl (C=O) groups is 2. The van der Waals surface area contributed by atoms with Crippen LogP contribution >= 0.6 is 22.9 Å². The lowest BCUT2D eigenvalue weighted by Gasteiger charge is -2.24. The maximum atomic E-state index is 12.6. The molecule has 0 aliphatic heterocycles. The van der Waals surface area contributed by atoms with E-state index in [0.717, 1.165) is 16.8 Å². The fourth-order valence-corrected chi connectivity index (χ4v) is 3.91. The fraction of sp³-hybridized carbons (Fsp3) is 0.292. The summed E-state index contributed by atoms with van der Waals surface area (Å²) < 4.78 is 11.2. The van der Waals surface area contributed by atoms with Gasteiger partial charge >= 0.3 is 5.97 Å². The molecule has 0 spiro atoms. The number of ether oxygens (including phenoxy) is 2. The maximum Gasteiger partial charge on any atom is 0.350 e. The highest BCUT2D eigenvalue weighted by molar-refractivity contribution is 7.14. The molecule has 6 nitrogen and oxygen atoms in total. The lowest BCUT2D eigenvalue weighted by molar-refractivity contribution is -0.160. The molecule has 3 rings (SSSR count). The lowest BCUT2D eigenvalue weighted by Crippen LogP contribution is -2.39. The summed E-state index contributed by atoms with van der Waals surface area (Å²) in [5.74, 6) is -0.166. The van der Waals surface area contributed by atoms with E-state index < -0.39 is 11.6 Å². The molecular weight excluding hydrogens is 448 g/mol. The van der Waals surface area contributed by atoms with E-state index in [1.807, 2.05) is 32.0 Å². The normalized spacial score (nSPS) is 11.2. The number of esters is 1. The van der Waals surface area contributed by atoms with E-state index in [4.69, 9.17) is 21.1 Å². The molecule has 0 saturated carbocycles. The van der Waals surface area contributed by atoms with Crippen LogP contribution in [0.4, 0.5) is 10.8 Å². The van der Waals surface area contributed by atoms with Crippen molar-refractivity contribution in [1.82, 2.24) is 4.98 Å². The largest absolute Gasteiger partial charge is 0.476 e. The van der Waals surface area contributed by atoms with Gasteiger partial charge in [-0.15, -0.1) is 11.3 Å². The molecular formula is C24H25ClN2O4S. The van der Waals surface area contributed by atoms with Crippen LogP contribution in [0.3, 0.4) is 0 Å². The Balaban J connectivity index is 1.68. The van der Waals surface area contributed by atoms with Crippen molar-refractivity contribution >= 4 is 45.6 Å². The van der Waals surface area contributed by atoms with Gasteiger partial charge in [0.15, 0.2) is 10.7 Å². The maximum absolute atomic E-state index is 12.6. The first-order chi connectivity index (χ1) is 15.1. The van der Waals surface area contributed by atoms with E-state index in [9.17, 15) is 9.59 Å². The number of aryl methyl sites for hydroxylation is 2. The molecule has 0 atom stereocenters. The standard InChI is InChI=1S/C24H25ClN2O4S/c1-15-6-9-20(12-16(15)2)27(17(3)28)23-26-19(14-32-23)13-30-22(29)24(4,5)31-21-10-7-18(25)8-11-21/h6-12,14H,13H2,1-5H3. The minimum atomic E-state index is -1.20. The van der Waals surface area contributed by atoms with Gasteiger partial charge in [0, 0.05) is 17.3 Å². The Hall–Kier alpha value is -2.90. The average molecular weight is 473 g/mol. The zero-order valence-corrected chi connectivity index (χ0v) is 20.2. The molecule has 0 bridgehead atoms. The number of rotatable bonds is 7. The Labute approximate surface area is 196 Å². The van der Waals surface area contributed by atoms with Gasteiger partial charge in [-0.25, -0.2) is 9.78 Å². The first-order valence-electron chi connectivity index (χ1n) is 10.0. The monoisotopic (exact) mass is 472 g/mol. The Morgan fingerprint density at radius 2 is 1.78 bits per heavy atom. The summed E-state index contributed by atoms with van der Waals surface area (Å²) in [5.41, 5.74) is 2.33. The number of hydrogen-bond donors (Lipinski definition) is 0. The van der Waals surface area contributed by atoms with Crippen molar-refractivity contribution in [3.63, 3.8) is 0 Å². The number of amides is 1. The zero-order valence-electron chi connectivity index (χ0n) is 18.6. The first-order valence-corrected chi connectivity index (χ1v) is 11.3. The third-order valence-corrected chi connectivity index (χ3v) is 5.95. The first kappa shape index (κ1) is 23.8. The second-order valence-corrected chi connectivity index (χ2v) is 9.16. The van der Waals surface area contributed by atoms with Gasteiger partial charge in [-0.05, 0) is 75.2 Å². The predicted octanol–water partition coefficient (Wildman–Crippen LogP) is 6.00. The van der Waals surface area contributed by atoms with Crippen molar-refractivity contribution in [2.24, 2.45) is 0 Å². The highest BCUT2D eigenvalue weighted by Gasteiger charge is 2.32. The summed E-state index contributed by atoms with van der Waals surface area (Å²) in [6, 6.07) is 12.6. The van der Waals surface area contributed by atoms with Gasteiger partial charge < -0.3 is 9.47 Å². The van der Waals surface area contributed by atoms with Gasteiger partial charge in [-0.2, -0.15) is 0 Å². The highest BCUT2D eigenvalue weighted by Crippen LogP contribution is 2.30. The smallest absolute Gasteiger partial charge is 0.350 e. The molecule has 0 N–H and O–H groups in total. The van der Waals surface area contributed by atoms with Gasteiger partial charge in [0.05, 0.1) is 11.4 Å². The number of benzene rings is 2. The molecule has 1 aromatic heterocycles. The van der Waals surface area contributed by atoms with Crippen LogP contribution in [0, 0.1) is 13.8 Å². The summed E-state index contributed by atoms with van der Waals surface area (Å²) >= 11 is 7.20. The van der Waals surface area contributed by atoms with E-state index in [1.165, 1.54) is 18.3 Å². The van der Waals surface area contributed by atoms with Crippen LogP contribution in [0.5, 0.6) is 5.75 Å². The van der Waals surface area contributed by atoms with Gasteiger partial charge in [0.25, 0.3) is 0 Å². The SMILES string of the molecule is CC(=O)N(c1ccc(C)c(C)c1)c1nc(COC(=O)C(C)(C)Oc2ccc(Cl)cc2)cs1. The zero-order chi connectivity index (χ0) is 23.5. The molecule has 32 heavy (non-hydrogen) atoms. The molecule has 0 aliphatic rings. The highest BCUT2D eigenvalue weighted by atomic mass is 35.5. The van der Waals surface area contributed by atoms with Crippen molar-refractivity contribution in [2.45, 2.75) is 46.8 Å². The number of carbonyl (C=O) groups excluding carboxylic acids is 2. The summed E-state index contributed by atoms with van der Waals surface area (Å²) in [5, 5.41) is 2.87. The molecule has 0 fully saturated rings. The fourth-order valence-electron chi connectivity index (χ4n) is 2.91. The van der Waals surface area contributed by atoms with Crippen molar-refractivity contribution in [3.8, 4) is 5.75 Å². The minimum absolute atomic E-state index is 0.0264. The number of hydrogen-bond acceptors (Lipinski definition) is 6. The van der Waals surface area contributed by atoms with Crippen LogP contribution < -0.4 is 9.64 Å². The van der Waals surface area contributed by atoms with Gasteiger partial charge in [-0.1, -0.05) is 17.7 Å². The molecule has 0 aliphatic carbocycles. The van der Waals surface area contributed by atoms with E-state index in [-0.39, 0.29) is 12.5 Å². The second kappa shape index (κ2) is 9.71. The summed E-state index contributed by atoms with van der Waals surface area (Å²) in [7, 11) is 0. The molecule has 3 aromatic rings. The summed E-state index contributed by atoms with van der Waals surface area (Å²) in [6.45, 7) is 8.75. The quantitative estimate of drug-likeness (QED) is 0.394. The molecule has 0 radical (unpaired) electrons. The summed E-state index contributed by atoms with van der Waals surface area (Å²) in [6.07, 6.45) is 0. The number of anilines is 2. The van der Waals surface area contributed by atoms with Gasteiger partial charge in [0.2, 0.25) is 5.91 Å². The van der Waals surface area contributed by atoms with Gasteiger partial charge in [0.1, 0.15) is 12.4 Å². The molecule has 0 unspecified atom stereocenters. The van der Waals surface area contributed by atoms with Gasteiger partial charge in [-0.3, -0.25) is 9.69 Å². The predicted molar refractivity (Wildman–Crippen MR) is 127 cm³/mol. The Kier molecular flexibility index (Phi) is 7.21. The minimum Gasteiger partial charge on any atom is -0.476 e. The molecule has 0 saturated heterocycles. The number of nitrogens with zero attached hydrogens (tertiary/aromatic N) is 2. The van der Waals surface area contributed by atoms with E-state index in [2.05, 4.69) is 4.98 Å². The molecule has 1 amide bonds. The van der Waals surface area contributed by atoms with Crippen LogP contribution in [0.1, 0.15) is 37.6 Å². The number of halogens is 1. The topological polar surface area (TPSA) is 68.7 Å². The summed E-state index contributed by atoms with van der Waals surface area (Å²) in [4.78, 5) is 31.0. The third-order valence-electron chi connectivity index (χ3n) is 4.82. The van der Waals surface area contributed by atoms with Crippen molar-refractivity contribution < 1.29 is 19.1 Å². The van der Waals surface area contributed by atoms with Crippen molar-refractivity contribution in [1.29, 1.82) is 0 Å². The lowest BCUT2D eigenvalue weighted by atomic mass is 10.1. The van der Waals surface area contributed by atoms with E-state index in [1.54, 1.807) is 48.4 Å². The third kappa shape index (κ3) is 5.66. The Bertz CT molecular complexity index is 1130. The van der Waals surface area contributed by atoms with Crippen LogP contribution in [-0.2, 0) is 20.9 Å². The van der Waals surface area contributed by atoms with E-state index in [0.29, 0.717) is 21.6 Å². The van der Waals surface area contributed by atoms with E-state index >= 15 is 0 Å². The van der Waals surface area contributed by atoms with Crippen LogP contribution in [0.25, 0.3) is 0 Å². The number of aromatic nitrogens is 1. The Morgan fingerprint density at radius 1 is 1.09 bits per heavy atom. The van der Waals surface area contributed by atoms with Crippen LogP contribution in [0.2, 0.25) is 5.02 Å². The molecule has 8 heteroatoms. The molecule has 1 heterocycles. The average Bonchev–Trinajstić information content (AvgIpc) is 3.18. The molecule has 168 valence electrons. The Morgan fingerprint density at radius 3 is 2.41 bits per heavy atom.